The van der Waals surface area contributed by atoms with Gasteiger partial charge in [-0.2, -0.15) is 0 Å². The lowest BCUT2D eigenvalue weighted by Gasteiger charge is -2.20. The molecule has 0 spiro atoms. The first-order valence-electron chi connectivity index (χ1n) is 6.85. The second-order valence-electron chi connectivity index (χ2n) is 4.94. The molecular formula is C13H20N4O4S. The standard InChI is InChI=1S/C13H20N4O4S/c1-17-5-4-8-9(7-17)22-13(15-8)16-12(19)11(18)14-6-10(20-2)21-3/h10H,4-7H2,1-3H3,(H,14,18)(H,15,16,19). The molecule has 22 heavy (non-hydrogen) atoms. The first-order chi connectivity index (χ1) is 10.5. The number of rotatable bonds is 5. The summed E-state index contributed by atoms with van der Waals surface area (Å²) in [4.78, 5) is 31.2. The Morgan fingerprint density at radius 1 is 1.36 bits per heavy atom. The summed E-state index contributed by atoms with van der Waals surface area (Å²) in [6.45, 7) is 1.86. The zero-order chi connectivity index (χ0) is 16.1. The van der Waals surface area contributed by atoms with Crippen LogP contribution in [0.3, 0.4) is 0 Å². The fraction of sp³-hybridized carbons (Fsp3) is 0.615. The van der Waals surface area contributed by atoms with Crippen molar-refractivity contribution in [3.8, 4) is 0 Å². The van der Waals surface area contributed by atoms with Crippen LogP contribution in [0.25, 0.3) is 0 Å². The second-order valence-corrected chi connectivity index (χ2v) is 6.03. The SMILES string of the molecule is COC(CNC(=O)C(=O)Nc1nc2c(s1)CN(C)CC2)OC. The molecule has 0 aliphatic carbocycles. The Bertz CT molecular complexity index is 544. The molecule has 9 heteroatoms. The van der Waals surface area contributed by atoms with E-state index in [4.69, 9.17) is 9.47 Å². The number of likely N-dealkylation sites (N-methyl/N-ethyl adjacent to an activating group) is 1. The number of hydrogen-bond donors (Lipinski definition) is 2. The summed E-state index contributed by atoms with van der Waals surface area (Å²) in [6, 6.07) is 0. The molecule has 0 saturated heterocycles. The smallest absolute Gasteiger partial charge is 0.315 e. The van der Waals surface area contributed by atoms with Gasteiger partial charge in [-0.15, -0.1) is 11.3 Å². The van der Waals surface area contributed by atoms with Crippen molar-refractivity contribution in [1.82, 2.24) is 15.2 Å². The van der Waals surface area contributed by atoms with Crippen molar-refractivity contribution < 1.29 is 19.1 Å². The maximum atomic E-state index is 11.8. The number of carbonyl (C=O) groups is 2. The van der Waals surface area contributed by atoms with Gasteiger partial charge in [-0.25, -0.2) is 4.98 Å². The minimum atomic E-state index is -0.746. The molecule has 1 aliphatic rings. The Hall–Kier alpha value is -1.55. The summed E-state index contributed by atoms with van der Waals surface area (Å²) in [7, 11) is 4.95. The van der Waals surface area contributed by atoms with Crippen molar-refractivity contribution in [3.63, 3.8) is 0 Å². The average Bonchev–Trinajstić information content (AvgIpc) is 2.89. The van der Waals surface area contributed by atoms with E-state index in [2.05, 4.69) is 20.5 Å². The summed E-state index contributed by atoms with van der Waals surface area (Å²) >= 11 is 1.40. The largest absolute Gasteiger partial charge is 0.354 e. The number of ether oxygens (including phenoxy) is 2. The normalized spacial score (nSPS) is 14.7. The van der Waals surface area contributed by atoms with E-state index in [1.165, 1.54) is 25.6 Å². The highest BCUT2D eigenvalue weighted by atomic mass is 32.1. The molecule has 1 aliphatic heterocycles. The average molecular weight is 328 g/mol. The lowest BCUT2D eigenvalue weighted by molar-refractivity contribution is -0.139. The van der Waals surface area contributed by atoms with Gasteiger partial charge in [0.1, 0.15) is 0 Å². The lowest BCUT2D eigenvalue weighted by atomic mass is 10.2. The van der Waals surface area contributed by atoms with Gasteiger partial charge in [0.15, 0.2) is 11.4 Å². The van der Waals surface area contributed by atoms with Crippen molar-refractivity contribution in [3.05, 3.63) is 10.6 Å². The van der Waals surface area contributed by atoms with E-state index in [0.717, 1.165) is 30.1 Å². The van der Waals surface area contributed by atoms with E-state index in [1.807, 2.05) is 7.05 Å². The zero-order valence-corrected chi connectivity index (χ0v) is 13.7. The van der Waals surface area contributed by atoms with Gasteiger partial charge in [0, 0.05) is 38.6 Å². The Labute approximate surface area is 132 Å². The number of amides is 2. The molecule has 2 heterocycles. The van der Waals surface area contributed by atoms with Crippen LogP contribution in [0.5, 0.6) is 0 Å². The number of hydrogen-bond acceptors (Lipinski definition) is 7. The van der Waals surface area contributed by atoms with Crippen LogP contribution >= 0.6 is 11.3 Å². The van der Waals surface area contributed by atoms with Crippen molar-refractivity contribution >= 4 is 28.3 Å². The highest BCUT2D eigenvalue weighted by molar-refractivity contribution is 7.16. The maximum absolute atomic E-state index is 11.8. The van der Waals surface area contributed by atoms with Crippen molar-refractivity contribution in [2.24, 2.45) is 0 Å². The molecule has 1 aromatic rings. The molecule has 0 aromatic carbocycles. The summed E-state index contributed by atoms with van der Waals surface area (Å²) in [6.07, 6.45) is 0.271. The fourth-order valence-electron chi connectivity index (χ4n) is 2.05. The van der Waals surface area contributed by atoms with E-state index in [0.29, 0.717) is 5.13 Å². The number of nitrogens with zero attached hydrogens (tertiary/aromatic N) is 2. The molecule has 122 valence electrons. The van der Waals surface area contributed by atoms with Crippen LogP contribution in [0.2, 0.25) is 0 Å². The topological polar surface area (TPSA) is 92.8 Å². The number of thiazole rings is 1. The van der Waals surface area contributed by atoms with Crippen LogP contribution in [0.4, 0.5) is 5.13 Å². The van der Waals surface area contributed by atoms with Gasteiger partial charge in [0.2, 0.25) is 0 Å². The molecule has 0 atom stereocenters. The van der Waals surface area contributed by atoms with Gasteiger partial charge in [-0.1, -0.05) is 0 Å². The highest BCUT2D eigenvalue weighted by Crippen LogP contribution is 2.27. The number of aromatic nitrogens is 1. The van der Waals surface area contributed by atoms with Gasteiger partial charge < -0.3 is 19.7 Å². The maximum Gasteiger partial charge on any atom is 0.315 e. The predicted octanol–water partition coefficient (Wildman–Crippen LogP) is -0.195. The highest BCUT2D eigenvalue weighted by Gasteiger charge is 2.21. The Morgan fingerprint density at radius 2 is 2.09 bits per heavy atom. The Morgan fingerprint density at radius 3 is 2.77 bits per heavy atom. The van der Waals surface area contributed by atoms with Crippen LogP contribution in [0.1, 0.15) is 10.6 Å². The molecule has 0 radical (unpaired) electrons. The third kappa shape index (κ3) is 4.23. The Balaban J connectivity index is 1.88. The quantitative estimate of drug-likeness (QED) is 0.575. The number of nitrogens with one attached hydrogen (secondary N) is 2. The summed E-state index contributed by atoms with van der Waals surface area (Å²) in [5.74, 6) is -1.49. The number of carbonyl (C=O) groups excluding carboxylic acids is 2. The summed E-state index contributed by atoms with van der Waals surface area (Å²) < 4.78 is 9.86. The molecule has 1 aromatic heterocycles. The van der Waals surface area contributed by atoms with Gasteiger partial charge in [0.05, 0.1) is 12.2 Å². The van der Waals surface area contributed by atoms with Crippen LogP contribution < -0.4 is 10.6 Å². The number of fused-ring (bicyclic) bond motifs is 1. The van der Waals surface area contributed by atoms with E-state index in [-0.39, 0.29) is 6.54 Å². The molecule has 2 N–H and O–H groups in total. The molecule has 0 saturated carbocycles. The second kappa shape index (κ2) is 7.63. The van der Waals surface area contributed by atoms with E-state index in [9.17, 15) is 9.59 Å². The first kappa shape index (κ1) is 16.8. The number of methoxy groups -OCH3 is 2. The minimum absolute atomic E-state index is 0.0957. The fourth-order valence-corrected chi connectivity index (χ4v) is 3.13. The minimum Gasteiger partial charge on any atom is -0.354 e. The van der Waals surface area contributed by atoms with E-state index >= 15 is 0 Å². The molecular weight excluding hydrogens is 308 g/mol. The third-order valence-corrected chi connectivity index (χ3v) is 4.30. The predicted molar refractivity (Wildman–Crippen MR) is 81.6 cm³/mol. The molecule has 0 bridgehead atoms. The summed E-state index contributed by atoms with van der Waals surface area (Å²) in [5, 5.41) is 5.42. The summed E-state index contributed by atoms with van der Waals surface area (Å²) in [5.41, 5.74) is 0.998. The van der Waals surface area contributed by atoms with Crippen LogP contribution in [-0.2, 0) is 32.0 Å². The third-order valence-electron chi connectivity index (χ3n) is 3.30. The molecule has 8 nitrogen and oxygen atoms in total. The Kier molecular flexibility index (Phi) is 5.83. The first-order valence-corrected chi connectivity index (χ1v) is 7.67. The molecule has 0 unspecified atom stereocenters. The van der Waals surface area contributed by atoms with Gasteiger partial charge in [-0.05, 0) is 7.05 Å². The molecule has 2 amide bonds. The van der Waals surface area contributed by atoms with Crippen molar-refractivity contribution in [1.29, 1.82) is 0 Å². The van der Waals surface area contributed by atoms with Crippen molar-refractivity contribution in [2.75, 3.05) is 39.7 Å². The lowest BCUT2D eigenvalue weighted by Crippen LogP contribution is -2.40. The van der Waals surface area contributed by atoms with Gasteiger partial charge in [0.25, 0.3) is 0 Å². The molecule has 0 fully saturated rings. The molecule has 2 rings (SSSR count). The van der Waals surface area contributed by atoms with Crippen molar-refractivity contribution in [2.45, 2.75) is 19.3 Å². The van der Waals surface area contributed by atoms with Crippen LogP contribution in [0, 0.1) is 0 Å². The van der Waals surface area contributed by atoms with Crippen LogP contribution in [0.15, 0.2) is 0 Å². The van der Waals surface area contributed by atoms with Crippen LogP contribution in [-0.4, -0.2) is 62.3 Å². The van der Waals surface area contributed by atoms with E-state index in [1.54, 1.807) is 0 Å². The monoisotopic (exact) mass is 328 g/mol. The zero-order valence-electron chi connectivity index (χ0n) is 12.8. The van der Waals surface area contributed by atoms with Gasteiger partial charge >= 0.3 is 11.8 Å². The van der Waals surface area contributed by atoms with Gasteiger partial charge in [-0.3, -0.25) is 14.9 Å². The van der Waals surface area contributed by atoms with E-state index < -0.39 is 18.1 Å². The number of anilines is 1.